The minimum atomic E-state index is 0.953. The Morgan fingerprint density at radius 3 is 2.24 bits per heavy atom. The summed E-state index contributed by atoms with van der Waals surface area (Å²) in [7, 11) is 0. The summed E-state index contributed by atoms with van der Waals surface area (Å²) in [6, 6.07) is 15.0. The summed E-state index contributed by atoms with van der Waals surface area (Å²) < 4.78 is 2.23. The highest BCUT2D eigenvalue weighted by atomic mass is 14.9. The highest BCUT2D eigenvalue weighted by Gasteiger charge is 2.02. The molecule has 0 amide bonds. The number of unbranched alkanes of at least 4 members (excludes halogenated alkanes) is 1. The van der Waals surface area contributed by atoms with Crippen LogP contribution in [0.15, 0.2) is 54.9 Å². The van der Waals surface area contributed by atoms with Crippen molar-refractivity contribution in [2.75, 3.05) is 0 Å². The SMILES string of the molecule is CCCCc1cc[n+](Cc2ccccc2)cc1. The van der Waals surface area contributed by atoms with Crippen LogP contribution in [0.2, 0.25) is 0 Å². The smallest absolute Gasteiger partial charge is 0.173 e. The first-order valence-electron chi connectivity index (χ1n) is 6.40. The van der Waals surface area contributed by atoms with Gasteiger partial charge in [0.25, 0.3) is 0 Å². The molecule has 0 aliphatic rings. The third-order valence-corrected chi connectivity index (χ3v) is 2.99. The summed E-state index contributed by atoms with van der Waals surface area (Å²) in [6.07, 6.45) is 8.10. The molecular weight excluding hydrogens is 206 g/mol. The van der Waals surface area contributed by atoms with Crippen LogP contribution in [0, 0.1) is 0 Å². The van der Waals surface area contributed by atoms with Crippen molar-refractivity contribution >= 4 is 0 Å². The lowest BCUT2D eigenvalue weighted by molar-refractivity contribution is -0.688. The van der Waals surface area contributed by atoms with Crippen molar-refractivity contribution in [2.24, 2.45) is 0 Å². The van der Waals surface area contributed by atoms with E-state index in [2.05, 4.69) is 66.3 Å². The van der Waals surface area contributed by atoms with E-state index in [1.165, 1.54) is 30.4 Å². The van der Waals surface area contributed by atoms with Gasteiger partial charge in [0, 0.05) is 17.7 Å². The monoisotopic (exact) mass is 226 g/mol. The quantitative estimate of drug-likeness (QED) is 0.688. The summed E-state index contributed by atoms with van der Waals surface area (Å²) >= 11 is 0. The number of pyridine rings is 1. The van der Waals surface area contributed by atoms with E-state index in [-0.39, 0.29) is 0 Å². The number of nitrogens with zero attached hydrogens (tertiary/aromatic N) is 1. The molecular formula is C16H20N+. The van der Waals surface area contributed by atoms with Crippen LogP contribution in [0.3, 0.4) is 0 Å². The van der Waals surface area contributed by atoms with Crippen molar-refractivity contribution in [1.82, 2.24) is 0 Å². The van der Waals surface area contributed by atoms with Crippen molar-refractivity contribution in [3.05, 3.63) is 66.0 Å². The average molecular weight is 226 g/mol. The number of hydrogen-bond donors (Lipinski definition) is 0. The van der Waals surface area contributed by atoms with Crippen molar-refractivity contribution in [2.45, 2.75) is 32.7 Å². The molecule has 2 aromatic rings. The van der Waals surface area contributed by atoms with Crippen LogP contribution in [0.4, 0.5) is 0 Å². The molecule has 1 heteroatoms. The zero-order valence-electron chi connectivity index (χ0n) is 10.5. The number of hydrogen-bond acceptors (Lipinski definition) is 0. The van der Waals surface area contributed by atoms with Crippen LogP contribution in [0.1, 0.15) is 30.9 Å². The molecule has 0 fully saturated rings. The molecule has 1 aromatic heterocycles. The fraction of sp³-hybridized carbons (Fsp3) is 0.312. The maximum Gasteiger partial charge on any atom is 0.173 e. The summed E-state index contributed by atoms with van der Waals surface area (Å²) in [6.45, 7) is 3.19. The van der Waals surface area contributed by atoms with Crippen LogP contribution in [-0.4, -0.2) is 0 Å². The third kappa shape index (κ3) is 3.70. The molecule has 2 rings (SSSR count). The van der Waals surface area contributed by atoms with Crippen molar-refractivity contribution in [1.29, 1.82) is 0 Å². The zero-order valence-corrected chi connectivity index (χ0v) is 10.5. The largest absolute Gasteiger partial charge is 0.201 e. The van der Waals surface area contributed by atoms with Crippen LogP contribution in [-0.2, 0) is 13.0 Å². The van der Waals surface area contributed by atoms with Gasteiger partial charge in [0.2, 0.25) is 0 Å². The Morgan fingerprint density at radius 1 is 0.882 bits per heavy atom. The van der Waals surface area contributed by atoms with Gasteiger partial charge in [0.15, 0.2) is 18.9 Å². The predicted octanol–water partition coefficient (Wildman–Crippen LogP) is 3.37. The van der Waals surface area contributed by atoms with Gasteiger partial charge in [-0.3, -0.25) is 0 Å². The first-order chi connectivity index (χ1) is 8.38. The van der Waals surface area contributed by atoms with Gasteiger partial charge in [0.05, 0.1) is 0 Å². The van der Waals surface area contributed by atoms with Crippen molar-refractivity contribution in [3.8, 4) is 0 Å². The van der Waals surface area contributed by atoms with Gasteiger partial charge in [-0.25, -0.2) is 4.57 Å². The third-order valence-electron chi connectivity index (χ3n) is 2.99. The van der Waals surface area contributed by atoms with Crippen molar-refractivity contribution in [3.63, 3.8) is 0 Å². The van der Waals surface area contributed by atoms with E-state index in [0.717, 1.165) is 6.54 Å². The minimum Gasteiger partial charge on any atom is -0.201 e. The molecule has 0 saturated carbocycles. The van der Waals surface area contributed by atoms with Crippen LogP contribution in [0.5, 0.6) is 0 Å². The summed E-state index contributed by atoms with van der Waals surface area (Å²) in [4.78, 5) is 0. The van der Waals surface area contributed by atoms with E-state index in [1.54, 1.807) is 0 Å². The second-order valence-electron chi connectivity index (χ2n) is 4.47. The van der Waals surface area contributed by atoms with Gasteiger partial charge in [-0.2, -0.15) is 0 Å². The summed E-state index contributed by atoms with van der Waals surface area (Å²) in [5.74, 6) is 0. The van der Waals surface area contributed by atoms with E-state index < -0.39 is 0 Å². The van der Waals surface area contributed by atoms with Gasteiger partial charge in [-0.1, -0.05) is 43.7 Å². The maximum atomic E-state index is 2.23. The molecule has 1 aromatic carbocycles. The lowest BCUT2D eigenvalue weighted by Gasteiger charge is -2.00. The molecule has 0 unspecified atom stereocenters. The number of aryl methyl sites for hydroxylation is 1. The van der Waals surface area contributed by atoms with Gasteiger partial charge in [0.1, 0.15) is 0 Å². The van der Waals surface area contributed by atoms with E-state index in [0.29, 0.717) is 0 Å². The second kappa shape index (κ2) is 6.19. The Kier molecular flexibility index (Phi) is 4.31. The Balaban J connectivity index is 1.98. The Hall–Kier alpha value is -1.63. The van der Waals surface area contributed by atoms with Gasteiger partial charge >= 0.3 is 0 Å². The Morgan fingerprint density at radius 2 is 1.59 bits per heavy atom. The summed E-state index contributed by atoms with van der Waals surface area (Å²) in [5, 5.41) is 0. The molecule has 1 heterocycles. The van der Waals surface area contributed by atoms with E-state index in [9.17, 15) is 0 Å². The number of aromatic nitrogens is 1. The molecule has 0 bridgehead atoms. The van der Waals surface area contributed by atoms with Gasteiger partial charge in [-0.15, -0.1) is 0 Å². The van der Waals surface area contributed by atoms with Gasteiger partial charge < -0.3 is 0 Å². The molecule has 0 N–H and O–H groups in total. The van der Waals surface area contributed by atoms with E-state index >= 15 is 0 Å². The molecule has 0 aliphatic heterocycles. The molecule has 0 radical (unpaired) electrons. The predicted molar refractivity (Wildman–Crippen MR) is 70.8 cm³/mol. The lowest BCUT2D eigenvalue weighted by Crippen LogP contribution is -2.33. The summed E-state index contributed by atoms with van der Waals surface area (Å²) in [5.41, 5.74) is 2.79. The maximum absolute atomic E-state index is 2.23. The van der Waals surface area contributed by atoms with Crippen LogP contribution < -0.4 is 4.57 Å². The van der Waals surface area contributed by atoms with Gasteiger partial charge in [-0.05, 0) is 18.4 Å². The Bertz CT molecular complexity index is 431. The average Bonchev–Trinajstić information content (AvgIpc) is 2.39. The first-order valence-corrected chi connectivity index (χ1v) is 6.40. The fourth-order valence-electron chi connectivity index (χ4n) is 1.94. The molecule has 0 aliphatic carbocycles. The van der Waals surface area contributed by atoms with E-state index in [1.807, 2.05) is 0 Å². The zero-order chi connectivity index (χ0) is 11.9. The Labute approximate surface area is 104 Å². The highest BCUT2D eigenvalue weighted by Crippen LogP contribution is 2.03. The molecule has 88 valence electrons. The highest BCUT2D eigenvalue weighted by molar-refractivity contribution is 5.13. The topological polar surface area (TPSA) is 3.88 Å². The first kappa shape index (κ1) is 11.8. The number of rotatable bonds is 5. The lowest BCUT2D eigenvalue weighted by atomic mass is 10.1. The standard InChI is InChI=1S/C16H20N/c1-2-3-7-15-10-12-17(13-11-15)14-16-8-5-4-6-9-16/h4-6,8-13H,2-3,7,14H2,1H3/q+1. The number of benzene rings is 1. The fourth-order valence-corrected chi connectivity index (χ4v) is 1.94. The molecule has 17 heavy (non-hydrogen) atoms. The molecule has 0 spiro atoms. The minimum absolute atomic E-state index is 0.953. The van der Waals surface area contributed by atoms with E-state index in [4.69, 9.17) is 0 Å². The van der Waals surface area contributed by atoms with Crippen LogP contribution in [0.25, 0.3) is 0 Å². The molecule has 1 nitrogen and oxygen atoms in total. The van der Waals surface area contributed by atoms with Crippen LogP contribution >= 0.6 is 0 Å². The normalized spacial score (nSPS) is 10.4. The second-order valence-corrected chi connectivity index (χ2v) is 4.47. The molecule has 0 atom stereocenters. The van der Waals surface area contributed by atoms with Crippen molar-refractivity contribution < 1.29 is 4.57 Å². The molecule has 0 saturated heterocycles.